The molecule has 14 heteroatoms. The highest BCUT2D eigenvalue weighted by molar-refractivity contribution is 7.89. The molecule has 0 unspecified atom stereocenters. The second-order valence-electron chi connectivity index (χ2n) is 8.64. The lowest BCUT2D eigenvalue weighted by Crippen LogP contribution is -2.44. The van der Waals surface area contributed by atoms with Gasteiger partial charge in [0.2, 0.25) is 11.0 Å². The lowest BCUT2D eigenvalue weighted by Gasteiger charge is -2.24. The van der Waals surface area contributed by atoms with E-state index < -0.39 is 51.5 Å². The van der Waals surface area contributed by atoms with Crippen molar-refractivity contribution in [2.24, 2.45) is 9.98 Å². The average molecular weight is 583 g/mol. The molecule has 40 heavy (non-hydrogen) atoms. The van der Waals surface area contributed by atoms with E-state index in [0.29, 0.717) is 11.3 Å². The minimum Gasteiger partial charge on any atom is -0.443 e. The minimum absolute atomic E-state index is 0.146. The zero-order chi connectivity index (χ0) is 29.7. The lowest BCUT2D eigenvalue weighted by atomic mass is 10.1. The Morgan fingerprint density at radius 3 is 2.42 bits per heavy atom. The Morgan fingerprint density at radius 2 is 1.85 bits per heavy atom. The second-order valence-corrected chi connectivity index (χ2v) is 10.5. The molecule has 0 spiro atoms. The molecule has 3 aromatic rings. The van der Waals surface area contributed by atoms with Gasteiger partial charge in [-0.2, -0.15) is 4.31 Å². The van der Waals surface area contributed by atoms with E-state index in [1.165, 1.54) is 37.4 Å². The third kappa shape index (κ3) is 7.76. The molecule has 0 saturated heterocycles. The molecule has 3 rings (SSSR count). The van der Waals surface area contributed by atoms with Gasteiger partial charge in [-0.1, -0.05) is 0 Å². The van der Waals surface area contributed by atoms with Crippen LogP contribution >= 0.6 is 0 Å². The number of carbonyl (C=O) groups is 1. The fraction of sp³-hybridized carbons (Fsp3) is 0.269. The molecule has 214 valence electrons. The molecule has 0 saturated carbocycles. The van der Waals surface area contributed by atoms with Crippen molar-refractivity contribution in [1.82, 2.24) is 9.62 Å². The van der Waals surface area contributed by atoms with Crippen LogP contribution in [0.3, 0.4) is 0 Å². The van der Waals surface area contributed by atoms with Crippen molar-refractivity contribution >= 4 is 39.3 Å². The first-order valence-electron chi connectivity index (χ1n) is 11.7. The van der Waals surface area contributed by atoms with Gasteiger partial charge in [0.25, 0.3) is 10.0 Å². The van der Waals surface area contributed by atoms with Gasteiger partial charge in [0.15, 0.2) is 0 Å². The predicted octanol–water partition coefficient (Wildman–Crippen LogP) is 4.69. The molecule has 1 heterocycles. The van der Waals surface area contributed by atoms with Crippen molar-refractivity contribution in [2.75, 3.05) is 20.1 Å². The number of rotatable bonds is 11. The molecule has 0 fully saturated rings. The monoisotopic (exact) mass is 582 g/mol. The van der Waals surface area contributed by atoms with Gasteiger partial charge in [-0.3, -0.25) is 14.8 Å². The number of sulfonamides is 1. The number of carbonyl (C=O) groups excluding carboxylic acids is 1. The largest absolute Gasteiger partial charge is 0.573 e. The number of halogens is 4. The number of hydrogen-bond acceptors (Lipinski definition) is 7. The normalized spacial score (nSPS) is 13.2. The van der Waals surface area contributed by atoms with E-state index in [-0.39, 0.29) is 23.2 Å². The predicted molar refractivity (Wildman–Crippen MR) is 141 cm³/mol. The standard InChI is InChI=1S/C26H26F4N4O5S/c1-16(2)34(40(36,37)25-12-18-11-19(27)7-10-23(18)38-25)15-24(35)33-14-20(31-3)13-22(32-4)17-5-8-21(9-6-17)39-26(28,29)30/h5-13,16H,3,14-15H2,1-2,4H3,(H,33,35)/b20-13-,32-22+. The van der Waals surface area contributed by atoms with Crippen molar-refractivity contribution in [1.29, 1.82) is 0 Å². The Balaban J connectivity index is 1.71. The molecule has 1 amide bonds. The fourth-order valence-electron chi connectivity index (χ4n) is 3.58. The van der Waals surface area contributed by atoms with Gasteiger partial charge in [0, 0.05) is 24.5 Å². The maximum absolute atomic E-state index is 13.5. The van der Waals surface area contributed by atoms with Crippen LogP contribution in [0.25, 0.3) is 11.0 Å². The minimum atomic E-state index is -4.82. The molecule has 1 aromatic heterocycles. The zero-order valence-corrected chi connectivity index (χ0v) is 22.5. The SMILES string of the molecule is C=N/C(=C\C(=N/C)c1ccc(OC(F)(F)F)cc1)CNC(=O)CN(C(C)C)S(=O)(=O)c1cc2cc(F)ccc2o1. The number of nitrogens with zero attached hydrogens (tertiary/aromatic N) is 3. The third-order valence-corrected chi connectivity index (χ3v) is 7.37. The zero-order valence-electron chi connectivity index (χ0n) is 21.7. The molecular formula is C26H26F4N4O5S. The van der Waals surface area contributed by atoms with E-state index in [1.807, 2.05) is 0 Å². The van der Waals surface area contributed by atoms with Crippen LogP contribution in [0, 0.1) is 5.82 Å². The summed E-state index contributed by atoms with van der Waals surface area (Å²) in [7, 11) is -2.79. The number of alkyl halides is 3. The Labute approximate surface area is 227 Å². The summed E-state index contributed by atoms with van der Waals surface area (Å²) in [5.74, 6) is -1.61. The summed E-state index contributed by atoms with van der Waals surface area (Å²) >= 11 is 0. The first-order valence-corrected chi connectivity index (χ1v) is 13.2. The Hall–Kier alpha value is -4.04. The Bertz CT molecular complexity index is 1550. The summed E-state index contributed by atoms with van der Waals surface area (Å²) in [4.78, 5) is 20.7. The van der Waals surface area contributed by atoms with E-state index in [4.69, 9.17) is 4.42 Å². The van der Waals surface area contributed by atoms with E-state index in [9.17, 15) is 30.8 Å². The topological polar surface area (TPSA) is 114 Å². The van der Waals surface area contributed by atoms with Gasteiger partial charge in [-0.25, -0.2) is 12.8 Å². The van der Waals surface area contributed by atoms with Crippen LogP contribution in [0.1, 0.15) is 19.4 Å². The van der Waals surface area contributed by atoms with E-state index in [0.717, 1.165) is 28.6 Å². The first-order chi connectivity index (χ1) is 18.7. The summed E-state index contributed by atoms with van der Waals surface area (Å²) in [6, 6.07) is 9.15. The fourth-order valence-corrected chi connectivity index (χ4v) is 5.12. The number of fused-ring (bicyclic) bond motifs is 1. The van der Waals surface area contributed by atoms with Gasteiger partial charge in [0.1, 0.15) is 17.1 Å². The number of allylic oxidation sites excluding steroid dienone is 1. The summed E-state index contributed by atoms with van der Waals surface area (Å²) < 4.78 is 87.4. The molecule has 0 atom stereocenters. The highest BCUT2D eigenvalue weighted by Crippen LogP contribution is 2.27. The maximum Gasteiger partial charge on any atom is 0.573 e. The van der Waals surface area contributed by atoms with Crippen molar-refractivity contribution in [3.05, 3.63) is 71.7 Å². The number of benzene rings is 2. The van der Waals surface area contributed by atoms with Crippen LogP contribution in [-0.2, 0) is 14.8 Å². The molecule has 9 nitrogen and oxygen atoms in total. The van der Waals surface area contributed by atoms with Crippen LogP contribution in [-0.4, -0.2) is 63.6 Å². The van der Waals surface area contributed by atoms with Crippen LogP contribution in [0.5, 0.6) is 5.75 Å². The molecule has 0 aliphatic rings. The Kier molecular flexibility index (Phi) is 9.48. The second kappa shape index (κ2) is 12.4. The molecule has 0 radical (unpaired) electrons. The smallest absolute Gasteiger partial charge is 0.443 e. The number of hydrogen-bond donors (Lipinski definition) is 1. The molecular weight excluding hydrogens is 556 g/mol. The van der Waals surface area contributed by atoms with Gasteiger partial charge in [-0.15, -0.1) is 13.2 Å². The molecule has 0 bridgehead atoms. The van der Waals surface area contributed by atoms with Gasteiger partial charge in [0.05, 0.1) is 24.5 Å². The van der Waals surface area contributed by atoms with Crippen LogP contribution in [0.4, 0.5) is 17.6 Å². The van der Waals surface area contributed by atoms with Crippen LogP contribution in [0.15, 0.2) is 79.8 Å². The average Bonchev–Trinajstić information content (AvgIpc) is 3.31. The van der Waals surface area contributed by atoms with Gasteiger partial charge >= 0.3 is 6.36 Å². The molecule has 1 N–H and O–H groups in total. The summed E-state index contributed by atoms with van der Waals surface area (Å²) in [5.41, 5.74) is 1.22. The summed E-state index contributed by atoms with van der Waals surface area (Å²) in [6.45, 7) is 5.92. The van der Waals surface area contributed by atoms with Crippen molar-refractivity contribution < 1.29 is 39.9 Å². The van der Waals surface area contributed by atoms with Crippen molar-refractivity contribution in [2.45, 2.75) is 31.3 Å². The summed E-state index contributed by atoms with van der Waals surface area (Å²) in [5, 5.41) is 2.39. The summed E-state index contributed by atoms with van der Waals surface area (Å²) in [6.07, 6.45) is -3.35. The molecule has 0 aliphatic carbocycles. The van der Waals surface area contributed by atoms with Crippen LogP contribution in [0.2, 0.25) is 0 Å². The Morgan fingerprint density at radius 1 is 1.18 bits per heavy atom. The van der Waals surface area contributed by atoms with Gasteiger partial charge in [-0.05, 0) is 74.7 Å². The highest BCUT2D eigenvalue weighted by Gasteiger charge is 2.32. The van der Waals surface area contributed by atoms with Gasteiger partial charge < -0.3 is 14.5 Å². The van der Waals surface area contributed by atoms with Crippen molar-refractivity contribution in [3.63, 3.8) is 0 Å². The highest BCUT2D eigenvalue weighted by atomic mass is 32.2. The molecule has 0 aliphatic heterocycles. The maximum atomic E-state index is 13.5. The number of amides is 1. The van der Waals surface area contributed by atoms with E-state index in [2.05, 4.69) is 26.8 Å². The first kappa shape index (κ1) is 30.5. The quantitative estimate of drug-likeness (QED) is 0.260. The molecule has 2 aromatic carbocycles. The number of nitrogens with one attached hydrogen (secondary N) is 1. The van der Waals surface area contributed by atoms with E-state index in [1.54, 1.807) is 13.8 Å². The number of furan rings is 1. The van der Waals surface area contributed by atoms with Crippen LogP contribution < -0.4 is 10.1 Å². The number of aliphatic imine (C=N–C) groups is 2. The lowest BCUT2D eigenvalue weighted by molar-refractivity contribution is -0.274. The van der Waals surface area contributed by atoms with Crippen molar-refractivity contribution in [3.8, 4) is 5.75 Å². The number of ether oxygens (including phenoxy) is 1. The van der Waals surface area contributed by atoms with E-state index >= 15 is 0 Å². The third-order valence-electron chi connectivity index (χ3n) is 5.49.